The molecule has 16 heavy (non-hydrogen) atoms. The van der Waals surface area contributed by atoms with E-state index in [1.54, 1.807) is 12.1 Å². The third kappa shape index (κ3) is 3.85. The molecule has 0 aromatic heterocycles. The number of nitrogens with one attached hydrogen (secondary N) is 1. The molecule has 0 saturated heterocycles. The molecule has 1 amide bonds. The number of amides is 1. The minimum absolute atomic E-state index is 0.109. The van der Waals surface area contributed by atoms with E-state index in [-0.39, 0.29) is 5.91 Å². The summed E-state index contributed by atoms with van der Waals surface area (Å²) in [6.45, 7) is 1.85. The summed E-state index contributed by atoms with van der Waals surface area (Å²) >= 11 is 17.4. The van der Waals surface area contributed by atoms with Crippen LogP contribution in [0.3, 0.4) is 0 Å². The van der Waals surface area contributed by atoms with E-state index in [9.17, 15) is 4.79 Å². The van der Waals surface area contributed by atoms with Crippen LogP contribution in [0.1, 0.15) is 18.4 Å². The highest BCUT2D eigenvalue weighted by molar-refractivity contribution is 6.36. The zero-order valence-corrected chi connectivity index (χ0v) is 11.1. The second kappa shape index (κ2) is 6.33. The van der Waals surface area contributed by atoms with Gasteiger partial charge in [0.05, 0.1) is 10.7 Å². The third-order valence-electron chi connectivity index (χ3n) is 2.06. The number of hydrogen-bond donors (Lipinski definition) is 1. The highest BCUT2D eigenvalue weighted by atomic mass is 35.5. The van der Waals surface area contributed by atoms with Crippen molar-refractivity contribution in [2.45, 2.75) is 19.8 Å². The molecule has 0 aliphatic rings. The van der Waals surface area contributed by atoms with Gasteiger partial charge in [0.25, 0.3) is 0 Å². The Balaban J connectivity index is 2.73. The first-order chi connectivity index (χ1) is 7.54. The van der Waals surface area contributed by atoms with E-state index in [0.717, 1.165) is 5.56 Å². The van der Waals surface area contributed by atoms with Crippen LogP contribution >= 0.6 is 34.8 Å². The van der Waals surface area contributed by atoms with E-state index in [2.05, 4.69) is 5.32 Å². The van der Waals surface area contributed by atoms with Gasteiger partial charge in [-0.25, -0.2) is 0 Å². The molecule has 0 aliphatic carbocycles. The molecule has 0 atom stereocenters. The fourth-order valence-corrected chi connectivity index (χ4v) is 1.74. The van der Waals surface area contributed by atoms with Crippen LogP contribution < -0.4 is 5.32 Å². The lowest BCUT2D eigenvalue weighted by Crippen LogP contribution is -2.11. The number of halogens is 3. The molecule has 5 heteroatoms. The molecule has 0 unspecified atom stereocenters. The number of hydrogen-bond acceptors (Lipinski definition) is 1. The first-order valence-electron chi connectivity index (χ1n) is 4.86. The van der Waals surface area contributed by atoms with Crippen LogP contribution in [0, 0.1) is 6.92 Å². The second-order valence-electron chi connectivity index (χ2n) is 3.42. The molecule has 1 rings (SSSR count). The largest absolute Gasteiger partial charge is 0.325 e. The number of carbonyl (C=O) groups excluding carboxylic acids is 1. The maximum atomic E-state index is 11.4. The van der Waals surface area contributed by atoms with E-state index in [0.29, 0.717) is 34.5 Å². The zero-order chi connectivity index (χ0) is 12.1. The van der Waals surface area contributed by atoms with Crippen molar-refractivity contribution in [2.75, 3.05) is 11.2 Å². The third-order valence-corrected chi connectivity index (χ3v) is 3.05. The Hall–Kier alpha value is -0.440. The maximum absolute atomic E-state index is 11.4. The van der Waals surface area contributed by atoms with Crippen molar-refractivity contribution in [1.29, 1.82) is 0 Å². The van der Waals surface area contributed by atoms with Crippen molar-refractivity contribution >= 4 is 46.4 Å². The number of alkyl halides is 1. The molecule has 1 aromatic rings. The van der Waals surface area contributed by atoms with Gasteiger partial charge in [0.2, 0.25) is 5.91 Å². The molecule has 0 fully saturated rings. The van der Waals surface area contributed by atoms with Gasteiger partial charge in [-0.1, -0.05) is 23.2 Å². The smallest absolute Gasteiger partial charge is 0.224 e. The molecule has 1 aromatic carbocycles. The SMILES string of the molecule is Cc1cc(Cl)c(NC(=O)CCCCl)cc1Cl. The summed E-state index contributed by atoms with van der Waals surface area (Å²) < 4.78 is 0. The fraction of sp³-hybridized carbons (Fsp3) is 0.364. The molecule has 0 spiro atoms. The lowest BCUT2D eigenvalue weighted by Gasteiger charge is -2.08. The van der Waals surface area contributed by atoms with E-state index in [1.807, 2.05) is 6.92 Å². The summed E-state index contributed by atoms with van der Waals surface area (Å²) in [5.41, 5.74) is 1.42. The number of rotatable bonds is 4. The van der Waals surface area contributed by atoms with Crippen molar-refractivity contribution < 1.29 is 4.79 Å². The molecule has 0 saturated carbocycles. The summed E-state index contributed by atoms with van der Waals surface area (Å²) in [7, 11) is 0. The second-order valence-corrected chi connectivity index (χ2v) is 4.61. The first kappa shape index (κ1) is 13.6. The van der Waals surface area contributed by atoms with Crippen LogP contribution in [0.15, 0.2) is 12.1 Å². The summed E-state index contributed by atoms with van der Waals surface area (Å²) in [5, 5.41) is 3.77. The van der Waals surface area contributed by atoms with Gasteiger partial charge >= 0.3 is 0 Å². The van der Waals surface area contributed by atoms with Gasteiger partial charge in [-0.05, 0) is 31.0 Å². The van der Waals surface area contributed by atoms with Crippen molar-refractivity contribution in [2.24, 2.45) is 0 Å². The topological polar surface area (TPSA) is 29.1 Å². The average molecular weight is 281 g/mol. The van der Waals surface area contributed by atoms with Gasteiger partial charge in [0.15, 0.2) is 0 Å². The first-order valence-corrected chi connectivity index (χ1v) is 6.15. The highest BCUT2D eigenvalue weighted by Crippen LogP contribution is 2.28. The summed E-state index contributed by atoms with van der Waals surface area (Å²) in [6.07, 6.45) is 1.02. The van der Waals surface area contributed by atoms with Gasteiger partial charge in [-0.2, -0.15) is 0 Å². The Kier molecular flexibility index (Phi) is 5.39. The number of carbonyl (C=O) groups is 1. The minimum Gasteiger partial charge on any atom is -0.325 e. The van der Waals surface area contributed by atoms with Gasteiger partial charge in [-0.15, -0.1) is 11.6 Å². The van der Waals surface area contributed by atoms with Crippen LogP contribution in [0.5, 0.6) is 0 Å². The number of aryl methyl sites for hydroxylation is 1. The zero-order valence-electron chi connectivity index (χ0n) is 8.82. The van der Waals surface area contributed by atoms with Crippen LogP contribution in [0.2, 0.25) is 10.0 Å². The van der Waals surface area contributed by atoms with E-state index in [4.69, 9.17) is 34.8 Å². The van der Waals surface area contributed by atoms with Crippen molar-refractivity contribution in [3.63, 3.8) is 0 Å². The van der Waals surface area contributed by atoms with Crippen molar-refractivity contribution in [3.05, 3.63) is 27.7 Å². The number of benzene rings is 1. The lowest BCUT2D eigenvalue weighted by atomic mass is 10.2. The van der Waals surface area contributed by atoms with Gasteiger partial charge in [0.1, 0.15) is 0 Å². The number of anilines is 1. The summed E-state index contributed by atoms with van der Waals surface area (Å²) in [6, 6.07) is 3.37. The Morgan fingerprint density at radius 2 is 2.00 bits per heavy atom. The van der Waals surface area contributed by atoms with Crippen LogP contribution in [-0.4, -0.2) is 11.8 Å². The van der Waals surface area contributed by atoms with Gasteiger partial charge in [-0.3, -0.25) is 4.79 Å². The molecule has 1 N–H and O–H groups in total. The standard InChI is InChI=1S/C11H12Cl3NO/c1-7-5-9(14)10(6-8(7)13)15-11(16)3-2-4-12/h5-6H,2-4H2,1H3,(H,15,16). The normalized spacial score (nSPS) is 10.2. The van der Waals surface area contributed by atoms with Gasteiger partial charge in [0, 0.05) is 17.3 Å². The Labute approximate surface area is 110 Å². The lowest BCUT2D eigenvalue weighted by molar-refractivity contribution is -0.116. The van der Waals surface area contributed by atoms with E-state index >= 15 is 0 Å². The Morgan fingerprint density at radius 1 is 1.31 bits per heavy atom. The van der Waals surface area contributed by atoms with E-state index < -0.39 is 0 Å². The van der Waals surface area contributed by atoms with Crippen molar-refractivity contribution in [1.82, 2.24) is 0 Å². The predicted octanol–water partition coefficient (Wildman–Crippen LogP) is 4.26. The van der Waals surface area contributed by atoms with Crippen LogP contribution in [0.4, 0.5) is 5.69 Å². The molecule has 0 heterocycles. The Morgan fingerprint density at radius 3 is 2.62 bits per heavy atom. The fourth-order valence-electron chi connectivity index (χ4n) is 1.18. The maximum Gasteiger partial charge on any atom is 0.224 e. The van der Waals surface area contributed by atoms with Crippen LogP contribution in [0.25, 0.3) is 0 Å². The van der Waals surface area contributed by atoms with Crippen molar-refractivity contribution in [3.8, 4) is 0 Å². The molecular formula is C11H12Cl3NO. The van der Waals surface area contributed by atoms with Gasteiger partial charge < -0.3 is 5.32 Å². The summed E-state index contributed by atoms with van der Waals surface area (Å²) in [5.74, 6) is 0.359. The monoisotopic (exact) mass is 279 g/mol. The Bertz CT molecular complexity index is 393. The van der Waals surface area contributed by atoms with Crippen LogP contribution in [-0.2, 0) is 4.79 Å². The minimum atomic E-state index is -0.109. The molecule has 0 bridgehead atoms. The molecule has 2 nitrogen and oxygen atoms in total. The van der Waals surface area contributed by atoms with E-state index in [1.165, 1.54) is 0 Å². The molecule has 0 aliphatic heterocycles. The molecule has 88 valence electrons. The quantitative estimate of drug-likeness (QED) is 0.820. The molecule has 0 radical (unpaired) electrons. The molecular weight excluding hydrogens is 268 g/mol. The predicted molar refractivity (Wildman–Crippen MR) is 69.8 cm³/mol. The highest BCUT2D eigenvalue weighted by Gasteiger charge is 2.08. The summed E-state index contributed by atoms with van der Waals surface area (Å²) in [4.78, 5) is 11.4. The average Bonchev–Trinajstić information content (AvgIpc) is 2.23.